The summed E-state index contributed by atoms with van der Waals surface area (Å²) in [4.78, 5) is 12.3. The molecule has 1 heterocycles. The zero-order chi connectivity index (χ0) is 18.4. The topological polar surface area (TPSA) is 53.4 Å². The summed E-state index contributed by atoms with van der Waals surface area (Å²) in [6.07, 6.45) is 2.50. The molecule has 0 saturated carbocycles. The Bertz CT molecular complexity index is 754. The monoisotopic (exact) mass is 362 g/mol. The lowest BCUT2D eigenvalue weighted by Crippen LogP contribution is -2.36. The average molecular weight is 363 g/mol. The Balaban J connectivity index is 2.02. The van der Waals surface area contributed by atoms with Crippen molar-refractivity contribution < 1.29 is 9.47 Å². The average Bonchev–Trinajstić information content (AvgIpc) is 2.56. The van der Waals surface area contributed by atoms with Gasteiger partial charge in [0.25, 0.3) is 5.56 Å². The molecule has 1 aromatic heterocycles. The van der Waals surface area contributed by atoms with Gasteiger partial charge in [0.2, 0.25) is 0 Å². The molecule has 0 atom stereocenters. The molecular weight excluding hydrogens is 338 g/mol. The summed E-state index contributed by atoms with van der Waals surface area (Å²) < 4.78 is 12.5. The Hall–Kier alpha value is -1.79. The molecule has 0 aliphatic heterocycles. The van der Waals surface area contributed by atoms with Gasteiger partial charge in [-0.25, -0.2) is 4.68 Å². The van der Waals surface area contributed by atoms with Gasteiger partial charge in [0.1, 0.15) is 14.5 Å². The van der Waals surface area contributed by atoms with Crippen molar-refractivity contribution in [2.75, 3.05) is 6.61 Å². The van der Waals surface area contributed by atoms with Gasteiger partial charge in [-0.3, -0.25) is 4.79 Å². The number of hydrogen-bond donors (Lipinski definition) is 0. The van der Waals surface area contributed by atoms with Crippen LogP contribution in [0, 0.1) is 0 Å². The molecule has 2 rings (SSSR count). The van der Waals surface area contributed by atoms with Crippen molar-refractivity contribution in [3.05, 3.63) is 57.0 Å². The van der Waals surface area contributed by atoms with Crippen molar-refractivity contribution in [1.29, 1.82) is 0 Å². The first-order valence-corrected chi connectivity index (χ1v) is 8.77. The second-order valence-electron chi connectivity index (χ2n) is 6.87. The molecule has 25 heavy (non-hydrogen) atoms. The van der Waals surface area contributed by atoms with Gasteiger partial charge in [0.15, 0.2) is 10.8 Å². The summed E-state index contributed by atoms with van der Waals surface area (Å²) in [5.41, 5.74) is 1.31. The van der Waals surface area contributed by atoms with E-state index in [0.29, 0.717) is 19.0 Å². The maximum Gasteiger partial charge on any atom is 0.289 e. The summed E-state index contributed by atoms with van der Waals surface area (Å²) in [5.74, 6) is 0.294. The summed E-state index contributed by atoms with van der Waals surface area (Å²) in [7, 11) is 2.08. The van der Waals surface area contributed by atoms with Crippen LogP contribution < -0.4 is 10.3 Å². The summed E-state index contributed by atoms with van der Waals surface area (Å²) >= 11 is 6.15. The largest absolute Gasteiger partial charge is 0.485 e. The Labute approximate surface area is 154 Å². The van der Waals surface area contributed by atoms with Gasteiger partial charge in [0, 0.05) is 6.61 Å². The molecule has 0 unspecified atom stereocenters. The lowest BCUT2D eigenvalue weighted by molar-refractivity contribution is 0.134. The molecule has 0 N–H and O–H groups in total. The van der Waals surface area contributed by atoms with Crippen LogP contribution in [0.2, 0.25) is 11.3 Å². The van der Waals surface area contributed by atoms with E-state index < -0.39 is 5.54 Å². The van der Waals surface area contributed by atoms with Crippen molar-refractivity contribution in [3.8, 4) is 5.75 Å². The first-order valence-electron chi connectivity index (χ1n) is 8.39. The predicted octanol–water partition coefficient (Wildman–Crippen LogP) is 2.80. The van der Waals surface area contributed by atoms with Gasteiger partial charge in [0.05, 0.1) is 18.3 Å². The van der Waals surface area contributed by atoms with Gasteiger partial charge in [-0.1, -0.05) is 42.2 Å². The smallest absolute Gasteiger partial charge is 0.289 e. The van der Waals surface area contributed by atoms with Gasteiger partial charge in [-0.2, -0.15) is 5.10 Å². The predicted molar refractivity (Wildman–Crippen MR) is 102 cm³/mol. The molecule has 0 aliphatic carbocycles. The van der Waals surface area contributed by atoms with Crippen LogP contribution in [-0.2, 0) is 23.5 Å². The normalized spacial score (nSPS) is 11.5. The van der Waals surface area contributed by atoms with E-state index >= 15 is 0 Å². The van der Waals surface area contributed by atoms with Gasteiger partial charge >= 0.3 is 0 Å². The van der Waals surface area contributed by atoms with Crippen LogP contribution in [0.15, 0.2) is 35.3 Å². The minimum absolute atomic E-state index is 0.0505. The summed E-state index contributed by atoms with van der Waals surface area (Å²) in [6, 6.07) is 7.96. The van der Waals surface area contributed by atoms with Gasteiger partial charge in [-0.15, -0.1) is 0 Å². The number of ether oxygens (including phenoxy) is 2. The highest BCUT2D eigenvalue weighted by atomic mass is 35.5. The van der Waals surface area contributed by atoms with E-state index in [9.17, 15) is 4.79 Å². The molecular formula is C18H24BClN2O3. The molecule has 5 nitrogen and oxygen atoms in total. The van der Waals surface area contributed by atoms with Gasteiger partial charge in [-0.05, 0) is 31.9 Å². The Kier molecular flexibility index (Phi) is 6.67. The maximum absolute atomic E-state index is 12.3. The maximum atomic E-state index is 12.3. The highest BCUT2D eigenvalue weighted by Gasteiger charge is 2.19. The molecule has 134 valence electrons. The number of aromatic nitrogens is 2. The number of rotatable bonds is 7. The molecule has 2 aromatic rings. The van der Waals surface area contributed by atoms with E-state index in [1.54, 1.807) is 0 Å². The van der Waals surface area contributed by atoms with Crippen molar-refractivity contribution in [2.45, 2.75) is 45.8 Å². The second kappa shape index (κ2) is 8.54. The number of hydrogen-bond acceptors (Lipinski definition) is 4. The Morgan fingerprint density at radius 1 is 1.16 bits per heavy atom. The Morgan fingerprint density at radius 3 is 2.32 bits per heavy atom. The number of nitrogens with zero attached hydrogens (tertiary/aromatic N) is 2. The van der Waals surface area contributed by atoms with Crippen molar-refractivity contribution in [1.82, 2.24) is 9.78 Å². The van der Waals surface area contributed by atoms with Crippen LogP contribution in [-0.4, -0.2) is 24.2 Å². The van der Waals surface area contributed by atoms with Crippen molar-refractivity contribution >= 4 is 19.4 Å². The minimum Gasteiger partial charge on any atom is -0.485 e. The SMILES string of the molecule is BCCOCc1ccc(COc2cnn(C(C)(C)C)c(=O)c2Cl)cc1. The standard InChI is InChI=1S/C18H24BClN2O3/c1-18(2,3)22-17(23)16(20)15(10-21-22)25-12-14-6-4-13(5-7-14)11-24-9-8-19/h4-7,10H,8-9,11-12,19H2,1-3H3. The second-order valence-corrected chi connectivity index (χ2v) is 7.25. The molecule has 0 aliphatic rings. The lowest BCUT2D eigenvalue weighted by Gasteiger charge is -2.21. The fraction of sp³-hybridized carbons (Fsp3) is 0.444. The van der Waals surface area contributed by atoms with Crippen LogP contribution >= 0.6 is 11.6 Å². The third kappa shape index (κ3) is 5.34. The lowest BCUT2D eigenvalue weighted by atomic mass is 10.1. The third-order valence-electron chi connectivity index (χ3n) is 3.56. The van der Waals surface area contributed by atoms with Gasteiger partial charge < -0.3 is 9.47 Å². The van der Waals surface area contributed by atoms with Crippen molar-refractivity contribution in [3.63, 3.8) is 0 Å². The zero-order valence-electron chi connectivity index (χ0n) is 15.2. The molecule has 7 heteroatoms. The van der Waals surface area contributed by atoms with E-state index in [2.05, 4.69) is 12.9 Å². The fourth-order valence-electron chi connectivity index (χ4n) is 2.22. The fourth-order valence-corrected chi connectivity index (χ4v) is 2.41. The molecule has 0 saturated heterocycles. The highest BCUT2D eigenvalue weighted by molar-refractivity contribution is 6.31. The number of benzene rings is 1. The van der Waals surface area contributed by atoms with Crippen molar-refractivity contribution in [2.24, 2.45) is 0 Å². The van der Waals surface area contributed by atoms with E-state index in [4.69, 9.17) is 21.1 Å². The highest BCUT2D eigenvalue weighted by Crippen LogP contribution is 2.21. The summed E-state index contributed by atoms with van der Waals surface area (Å²) in [5, 5.41) is 4.21. The molecule has 0 spiro atoms. The van der Waals surface area contributed by atoms with E-state index in [1.165, 1.54) is 10.9 Å². The van der Waals surface area contributed by atoms with Crippen LogP contribution in [0.1, 0.15) is 31.9 Å². The quantitative estimate of drug-likeness (QED) is 0.561. The van der Waals surface area contributed by atoms with Crippen LogP contribution in [0.25, 0.3) is 0 Å². The third-order valence-corrected chi connectivity index (χ3v) is 3.90. The van der Waals surface area contributed by atoms with E-state index in [-0.39, 0.29) is 10.6 Å². The first kappa shape index (κ1) is 19.5. The van der Waals surface area contributed by atoms with Crippen LogP contribution in [0.4, 0.5) is 0 Å². The Morgan fingerprint density at radius 2 is 1.76 bits per heavy atom. The molecule has 0 bridgehead atoms. The summed E-state index contributed by atoms with van der Waals surface area (Å²) in [6.45, 7) is 7.36. The number of halogens is 1. The minimum atomic E-state index is -0.436. The molecule has 0 radical (unpaired) electrons. The zero-order valence-corrected chi connectivity index (χ0v) is 16.0. The van der Waals surface area contributed by atoms with E-state index in [1.807, 2.05) is 45.0 Å². The molecule has 1 aromatic carbocycles. The van der Waals surface area contributed by atoms with Crippen LogP contribution in [0.3, 0.4) is 0 Å². The molecule has 0 fully saturated rings. The first-order chi connectivity index (χ1) is 11.8. The van der Waals surface area contributed by atoms with Crippen LogP contribution in [0.5, 0.6) is 5.75 Å². The van der Waals surface area contributed by atoms with E-state index in [0.717, 1.165) is 24.1 Å². The molecule has 0 amide bonds.